The molecule has 0 bridgehead atoms. The number of hydrogen-bond acceptors (Lipinski definition) is 1. The third-order valence-corrected chi connectivity index (χ3v) is 3.61. The molecular formula is C15H22FN. The van der Waals surface area contributed by atoms with E-state index < -0.39 is 0 Å². The SMILES string of the molecule is CCNC(CCC1CC1)c1cccc(C)c1F. The molecule has 0 amide bonds. The average molecular weight is 235 g/mol. The van der Waals surface area contributed by atoms with Gasteiger partial charge in [0, 0.05) is 11.6 Å². The van der Waals surface area contributed by atoms with Gasteiger partial charge in [-0.3, -0.25) is 0 Å². The van der Waals surface area contributed by atoms with Gasteiger partial charge in [-0.2, -0.15) is 0 Å². The van der Waals surface area contributed by atoms with Crippen molar-refractivity contribution < 1.29 is 4.39 Å². The highest BCUT2D eigenvalue weighted by Gasteiger charge is 2.24. The average Bonchev–Trinajstić information content (AvgIpc) is 3.12. The summed E-state index contributed by atoms with van der Waals surface area (Å²) in [5.74, 6) is 0.873. The van der Waals surface area contributed by atoms with E-state index in [-0.39, 0.29) is 11.9 Å². The van der Waals surface area contributed by atoms with E-state index in [4.69, 9.17) is 0 Å². The van der Waals surface area contributed by atoms with Crippen LogP contribution >= 0.6 is 0 Å². The summed E-state index contributed by atoms with van der Waals surface area (Å²) in [4.78, 5) is 0. The fourth-order valence-electron chi connectivity index (χ4n) is 2.36. The molecule has 0 saturated heterocycles. The molecule has 1 saturated carbocycles. The van der Waals surface area contributed by atoms with Gasteiger partial charge in [0.15, 0.2) is 0 Å². The lowest BCUT2D eigenvalue weighted by Crippen LogP contribution is -2.22. The van der Waals surface area contributed by atoms with Gasteiger partial charge in [-0.25, -0.2) is 4.39 Å². The molecule has 0 spiro atoms. The highest BCUT2D eigenvalue weighted by atomic mass is 19.1. The van der Waals surface area contributed by atoms with Crippen molar-refractivity contribution in [1.82, 2.24) is 5.32 Å². The van der Waals surface area contributed by atoms with Crippen LogP contribution in [0.2, 0.25) is 0 Å². The molecule has 1 aliphatic rings. The molecule has 0 aromatic heterocycles. The van der Waals surface area contributed by atoms with E-state index in [1.165, 1.54) is 19.3 Å². The van der Waals surface area contributed by atoms with Crippen LogP contribution in [0.5, 0.6) is 0 Å². The van der Waals surface area contributed by atoms with Crippen LogP contribution in [0, 0.1) is 18.7 Å². The van der Waals surface area contributed by atoms with Crippen molar-refractivity contribution in [1.29, 1.82) is 0 Å². The highest BCUT2D eigenvalue weighted by Crippen LogP contribution is 2.36. The molecule has 2 rings (SSSR count). The van der Waals surface area contributed by atoms with Gasteiger partial charge in [-0.1, -0.05) is 38.0 Å². The van der Waals surface area contributed by atoms with Crippen molar-refractivity contribution >= 4 is 0 Å². The second-order valence-corrected chi connectivity index (χ2v) is 5.11. The minimum Gasteiger partial charge on any atom is -0.310 e. The smallest absolute Gasteiger partial charge is 0.130 e. The first-order chi connectivity index (χ1) is 8.22. The summed E-state index contributed by atoms with van der Waals surface area (Å²) in [6.07, 6.45) is 5.02. The van der Waals surface area contributed by atoms with Gasteiger partial charge in [0.25, 0.3) is 0 Å². The molecule has 2 heteroatoms. The minimum absolute atomic E-state index is 0.0331. The van der Waals surface area contributed by atoms with E-state index in [0.717, 1.165) is 30.0 Å². The molecule has 0 aliphatic heterocycles. The van der Waals surface area contributed by atoms with Crippen LogP contribution in [-0.2, 0) is 0 Å². The topological polar surface area (TPSA) is 12.0 Å². The Labute approximate surface area is 103 Å². The molecule has 1 atom stereocenters. The van der Waals surface area contributed by atoms with E-state index in [1.54, 1.807) is 0 Å². The number of hydrogen-bond donors (Lipinski definition) is 1. The van der Waals surface area contributed by atoms with Gasteiger partial charge >= 0.3 is 0 Å². The maximum Gasteiger partial charge on any atom is 0.130 e. The third kappa shape index (κ3) is 3.29. The van der Waals surface area contributed by atoms with E-state index in [1.807, 2.05) is 25.1 Å². The lowest BCUT2D eigenvalue weighted by Gasteiger charge is -2.19. The van der Waals surface area contributed by atoms with Crippen LogP contribution in [0.15, 0.2) is 18.2 Å². The van der Waals surface area contributed by atoms with Gasteiger partial charge < -0.3 is 5.32 Å². The Balaban J connectivity index is 2.09. The fraction of sp³-hybridized carbons (Fsp3) is 0.600. The molecule has 1 N–H and O–H groups in total. The lowest BCUT2D eigenvalue weighted by atomic mass is 9.98. The van der Waals surface area contributed by atoms with Gasteiger partial charge in [0.1, 0.15) is 5.82 Å². The summed E-state index contributed by atoms with van der Waals surface area (Å²) >= 11 is 0. The first-order valence-corrected chi connectivity index (χ1v) is 6.70. The first kappa shape index (κ1) is 12.6. The van der Waals surface area contributed by atoms with Crippen molar-refractivity contribution in [3.05, 3.63) is 35.1 Å². The number of aryl methyl sites for hydroxylation is 1. The van der Waals surface area contributed by atoms with Crippen LogP contribution < -0.4 is 5.32 Å². The highest BCUT2D eigenvalue weighted by molar-refractivity contribution is 5.27. The summed E-state index contributed by atoms with van der Waals surface area (Å²) in [7, 11) is 0. The van der Waals surface area contributed by atoms with Gasteiger partial charge in [-0.05, 0) is 37.8 Å². The zero-order valence-corrected chi connectivity index (χ0v) is 10.8. The predicted molar refractivity (Wildman–Crippen MR) is 69.5 cm³/mol. The van der Waals surface area contributed by atoms with Gasteiger partial charge in [0.05, 0.1) is 0 Å². The second kappa shape index (κ2) is 5.63. The maximum atomic E-state index is 14.1. The van der Waals surface area contributed by atoms with Crippen LogP contribution in [0.1, 0.15) is 49.8 Å². The quantitative estimate of drug-likeness (QED) is 0.786. The first-order valence-electron chi connectivity index (χ1n) is 6.70. The van der Waals surface area contributed by atoms with Crippen molar-refractivity contribution in [3.8, 4) is 0 Å². The fourth-order valence-corrected chi connectivity index (χ4v) is 2.36. The Morgan fingerprint density at radius 3 is 2.82 bits per heavy atom. The third-order valence-electron chi connectivity index (χ3n) is 3.61. The number of halogens is 1. The van der Waals surface area contributed by atoms with Crippen molar-refractivity contribution in [2.75, 3.05) is 6.54 Å². The summed E-state index contributed by atoms with van der Waals surface area (Å²) in [5, 5.41) is 3.41. The number of rotatable bonds is 6. The van der Waals surface area contributed by atoms with E-state index >= 15 is 0 Å². The zero-order chi connectivity index (χ0) is 12.3. The standard InChI is InChI=1S/C15H22FN/c1-3-17-14(10-9-12-7-8-12)13-6-4-5-11(2)15(13)16/h4-6,12,14,17H,3,7-10H2,1-2H3. The van der Waals surface area contributed by atoms with Crippen molar-refractivity contribution in [2.45, 2.75) is 45.6 Å². The Kier molecular flexibility index (Phi) is 4.16. The Morgan fingerprint density at radius 1 is 1.41 bits per heavy atom. The van der Waals surface area contributed by atoms with Crippen LogP contribution in [0.3, 0.4) is 0 Å². The van der Waals surface area contributed by atoms with Crippen molar-refractivity contribution in [2.24, 2.45) is 5.92 Å². The largest absolute Gasteiger partial charge is 0.310 e. The zero-order valence-electron chi connectivity index (χ0n) is 10.8. The molecular weight excluding hydrogens is 213 g/mol. The molecule has 1 aromatic carbocycles. The van der Waals surface area contributed by atoms with E-state index in [0.29, 0.717) is 0 Å². The molecule has 1 unspecified atom stereocenters. The molecule has 94 valence electrons. The monoisotopic (exact) mass is 235 g/mol. The molecule has 1 aliphatic carbocycles. The second-order valence-electron chi connectivity index (χ2n) is 5.11. The summed E-state index contributed by atoms with van der Waals surface area (Å²) < 4.78 is 14.1. The molecule has 17 heavy (non-hydrogen) atoms. The maximum absolute atomic E-state index is 14.1. The van der Waals surface area contributed by atoms with Crippen LogP contribution in [-0.4, -0.2) is 6.54 Å². The van der Waals surface area contributed by atoms with E-state index in [9.17, 15) is 4.39 Å². The Hall–Kier alpha value is -0.890. The lowest BCUT2D eigenvalue weighted by molar-refractivity contribution is 0.458. The predicted octanol–water partition coefficient (Wildman–Crippen LogP) is 3.97. The molecule has 0 radical (unpaired) electrons. The van der Waals surface area contributed by atoms with E-state index in [2.05, 4.69) is 12.2 Å². The molecule has 1 aromatic rings. The normalized spacial score (nSPS) is 17.1. The summed E-state index contributed by atoms with van der Waals surface area (Å²) in [6, 6.07) is 5.89. The molecule has 0 heterocycles. The summed E-state index contributed by atoms with van der Waals surface area (Å²) in [6.45, 7) is 4.81. The van der Waals surface area contributed by atoms with Gasteiger partial charge in [-0.15, -0.1) is 0 Å². The number of benzene rings is 1. The van der Waals surface area contributed by atoms with Crippen molar-refractivity contribution in [3.63, 3.8) is 0 Å². The minimum atomic E-state index is -0.0331. The van der Waals surface area contributed by atoms with Crippen LogP contribution in [0.4, 0.5) is 4.39 Å². The Morgan fingerprint density at radius 2 is 2.18 bits per heavy atom. The molecule has 1 fully saturated rings. The Bertz CT molecular complexity index is 371. The number of nitrogens with one attached hydrogen (secondary N) is 1. The molecule has 1 nitrogen and oxygen atoms in total. The van der Waals surface area contributed by atoms with Gasteiger partial charge in [0.2, 0.25) is 0 Å². The summed E-state index contributed by atoms with van der Waals surface area (Å²) in [5.41, 5.74) is 1.59. The van der Waals surface area contributed by atoms with Crippen LogP contribution in [0.25, 0.3) is 0 Å².